The van der Waals surface area contributed by atoms with Gasteiger partial charge in [0.2, 0.25) is 5.91 Å². The molecular weight excluding hydrogens is 556 g/mol. The number of rotatable bonds is 7. The number of benzene rings is 3. The third-order valence-electron chi connectivity index (χ3n) is 9.27. The van der Waals surface area contributed by atoms with E-state index >= 15 is 0 Å². The van der Waals surface area contributed by atoms with Gasteiger partial charge in [0.25, 0.3) is 11.8 Å². The Hall–Kier alpha value is -4.53. The standard InChI is InChI=1S/C35H40N4O5/c1-23-8-11-29(24(2)20-23)37-16-18-38(19-17-37)33(40)25-12-14-36(15-13-25)30-7-5-6-28-32(30)35(42)39(34(28)41)22-26-9-10-27(43-3)21-31(26)44-4/h5-11,20-21,25H,12-19,22H2,1-4H3. The lowest BCUT2D eigenvalue weighted by molar-refractivity contribution is -0.136. The molecule has 230 valence electrons. The number of aryl methyl sites for hydroxylation is 2. The van der Waals surface area contributed by atoms with E-state index in [1.165, 1.54) is 21.7 Å². The van der Waals surface area contributed by atoms with E-state index in [0.717, 1.165) is 37.4 Å². The van der Waals surface area contributed by atoms with E-state index in [1.54, 1.807) is 32.4 Å². The molecule has 6 rings (SSSR count). The van der Waals surface area contributed by atoms with Crippen LogP contribution in [0.1, 0.15) is 50.2 Å². The van der Waals surface area contributed by atoms with Crippen LogP contribution in [0.15, 0.2) is 54.6 Å². The molecule has 9 heteroatoms. The van der Waals surface area contributed by atoms with Crippen LogP contribution >= 0.6 is 0 Å². The Morgan fingerprint density at radius 2 is 1.52 bits per heavy atom. The SMILES string of the molecule is COc1ccc(CN2C(=O)c3cccc(N4CCC(C(=O)N5CCN(c6ccc(C)cc6C)CC5)CC4)c3C2=O)c(OC)c1. The molecule has 3 heterocycles. The summed E-state index contributed by atoms with van der Waals surface area (Å²) in [5.41, 5.74) is 6.12. The number of piperidine rings is 1. The Kier molecular flexibility index (Phi) is 8.21. The van der Waals surface area contributed by atoms with Crippen molar-refractivity contribution in [3.63, 3.8) is 0 Å². The predicted octanol–water partition coefficient (Wildman–Crippen LogP) is 4.68. The minimum absolute atomic E-state index is 0.0351. The van der Waals surface area contributed by atoms with Gasteiger partial charge < -0.3 is 24.2 Å². The van der Waals surface area contributed by atoms with Crippen molar-refractivity contribution in [2.75, 3.05) is 63.3 Å². The van der Waals surface area contributed by atoms with Crippen LogP contribution in [0.2, 0.25) is 0 Å². The van der Waals surface area contributed by atoms with Crippen molar-refractivity contribution in [3.05, 3.63) is 82.4 Å². The van der Waals surface area contributed by atoms with Crippen molar-refractivity contribution in [3.8, 4) is 11.5 Å². The lowest BCUT2D eigenvalue weighted by atomic mass is 9.93. The molecule has 3 aliphatic heterocycles. The van der Waals surface area contributed by atoms with E-state index < -0.39 is 0 Å². The normalized spacial score (nSPS) is 17.3. The number of fused-ring (bicyclic) bond motifs is 1. The molecule has 3 aromatic carbocycles. The summed E-state index contributed by atoms with van der Waals surface area (Å²) in [5.74, 6) is 0.769. The number of hydrogen-bond donors (Lipinski definition) is 0. The molecule has 0 spiro atoms. The lowest BCUT2D eigenvalue weighted by Gasteiger charge is -2.40. The molecule has 0 aromatic heterocycles. The van der Waals surface area contributed by atoms with Gasteiger partial charge in [0.1, 0.15) is 11.5 Å². The number of carbonyl (C=O) groups is 3. The predicted molar refractivity (Wildman–Crippen MR) is 170 cm³/mol. The summed E-state index contributed by atoms with van der Waals surface area (Å²) in [4.78, 5) is 48.4. The number of amides is 3. The second kappa shape index (κ2) is 12.2. The molecule has 2 fully saturated rings. The van der Waals surface area contributed by atoms with Gasteiger partial charge in [0.15, 0.2) is 0 Å². The first-order chi connectivity index (χ1) is 21.3. The Morgan fingerprint density at radius 3 is 2.20 bits per heavy atom. The molecule has 0 aliphatic carbocycles. The summed E-state index contributed by atoms with van der Waals surface area (Å²) in [6.07, 6.45) is 1.43. The second-order valence-electron chi connectivity index (χ2n) is 11.9. The fraction of sp³-hybridized carbons (Fsp3) is 0.400. The average molecular weight is 597 g/mol. The van der Waals surface area contributed by atoms with Crippen LogP contribution in [0.4, 0.5) is 11.4 Å². The first kappa shape index (κ1) is 29.5. The van der Waals surface area contributed by atoms with Crippen LogP contribution < -0.4 is 19.3 Å². The molecule has 44 heavy (non-hydrogen) atoms. The van der Waals surface area contributed by atoms with Gasteiger partial charge in [-0.25, -0.2) is 0 Å². The Bertz CT molecular complexity index is 1590. The summed E-state index contributed by atoms with van der Waals surface area (Å²) >= 11 is 0. The molecule has 3 aliphatic rings. The van der Waals surface area contributed by atoms with Crippen LogP contribution in [0.5, 0.6) is 11.5 Å². The first-order valence-electron chi connectivity index (χ1n) is 15.3. The molecule has 9 nitrogen and oxygen atoms in total. The first-order valence-corrected chi connectivity index (χ1v) is 15.3. The van der Waals surface area contributed by atoms with Crippen LogP contribution in [-0.2, 0) is 11.3 Å². The Labute approximate surface area is 258 Å². The topological polar surface area (TPSA) is 82.6 Å². The molecule has 0 radical (unpaired) electrons. The summed E-state index contributed by atoms with van der Waals surface area (Å²) < 4.78 is 10.8. The van der Waals surface area contributed by atoms with Crippen LogP contribution in [0, 0.1) is 19.8 Å². The highest BCUT2D eigenvalue weighted by Gasteiger charge is 2.40. The maximum Gasteiger partial charge on any atom is 0.263 e. The number of hydrogen-bond acceptors (Lipinski definition) is 7. The maximum absolute atomic E-state index is 13.7. The molecule has 0 N–H and O–H groups in total. The van der Waals surface area contributed by atoms with Crippen molar-refractivity contribution in [1.82, 2.24) is 9.80 Å². The summed E-state index contributed by atoms with van der Waals surface area (Å²) in [6.45, 7) is 8.79. The molecule has 0 bridgehead atoms. The third kappa shape index (κ3) is 5.47. The van der Waals surface area contributed by atoms with E-state index in [0.29, 0.717) is 48.6 Å². The number of nitrogens with zero attached hydrogens (tertiary/aromatic N) is 4. The molecule has 3 aromatic rings. The van der Waals surface area contributed by atoms with Gasteiger partial charge in [-0.1, -0.05) is 23.8 Å². The third-order valence-corrected chi connectivity index (χ3v) is 9.27. The highest BCUT2D eigenvalue weighted by molar-refractivity contribution is 6.23. The average Bonchev–Trinajstić information content (AvgIpc) is 3.29. The second-order valence-corrected chi connectivity index (χ2v) is 11.9. The van der Waals surface area contributed by atoms with Crippen molar-refractivity contribution in [2.24, 2.45) is 5.92 Å². The monoisotopic (exact) mass is 596 g/mol. The molecule has 0 unspecified atom stereocenters. The number of imide groups is 1. The van der Waals surface area contributed by atoms with Gasteiger partial charge >= 0.3 is 0 Å². The minimum atomic E-state index is -0.310. The van der Waals surface area contributed by atoms with Gasteiger partial charge in [0, 0.05) is 62.5 Å². The largest absolute Gasteiger partial charge is 0.497 e. The number of ether oxygens (including phenoxy) is 2. The van der Waals surface area contributed by atoms with Crippen molar-refractivity contribution >= 4 is 29.1 Å². The van der Waals surface area contributed by atoms with Gasteiger partial charge in [-0.15, -0.1) is 0 Å². The maximum atomic E-state index is 13.7. The molecule has 2 saturated heterocycles. The highest BCUT2D eigenvalue weighted by Crippen LogP contribution is 2.36. The summed E-state index contributed by atoms with van der Waals surface area (Å²) in [7, 11) is 3.13. The number of carbonyl (C=O) groups excluding carboxylic acids is 3. The number of anilines is 2. The van der Waals surface area contributed by atoms with E-state index in [9.17, 15) is 14.4 Å². The zero-order valence-electron chi connectivity index (χ0n) is 26.0. The Morgan fingerprint density at radius 1 is 0.795 bits per heavy atom. The van der Waals surface area contributed by atoms with Crippen LogP contribution in [-0.4, -0.2) is 81.0 Å². The van der Waals surface area contributed by atoms with E-state index in [2.05, 4.69) is 41.8 Å². The zero-order chi connectivity index (χ0) is 31.0. The minimum Gasteiger partial charge on any atom is -0.497 e. The smallest absolute Gasteiger partial charge is 0.263 e. The lowest BCUT2D eigenvalue weighted by Crippen LogP contribution is -2.52. The summed E-state index contributed by atoms with van der Waals surface area (Å²) in [6, 6.07) is 17.4. The highest BCUT2D eigenvalue weighted by atomic mass is 16.5. The summed E-state index contributed by atoms with van der Waals surface area (Å²) in [5, 5.41) is 0. The Balaban J connectivity index is 1.09. The molecule has 0 atom stereocenters. The fourth-order valence-electron chi connectivity index (χ4n) is 6.83. The fourth-order valence-corrected chi connectivity index (χ4v) is 6.83. The number of methoxy groups -OCH3 is 2. The molecule has 0 saturated carbocycles. The van der Waals surface area contributed by atoms with E-state index in [-0.39, 0.29) is 30.2 Å². The van der Waals surface area contributed by atoms with E-state index in [4.69, 9.17) is 9.47 Å². The van der Waals surface area contributed by atoms with E-state index in [1.807, 2.05) is 23.1 Å². The van der Waals surface area contributed by atoms with Gasteiger partial charge in [-0.3, -0.25) is 19.3 Å². The van der Waals surface area contributed by atoms with Crippen molar-refractivity contribution < 1.29 is 23.9 Å². The van der Waals surface area contributed by atoms with Crippen LogP contribution in [0.25, 0.3) is 0 Å². The van der Waals surface area contributed by atoms with Gasteiger partial charge in [-0.05, 0) is 62.6 Å². The van der Waals surface area contributed by atoms with Crippen LogP contribution in [0.3, 0.4) is 0 Å². The quantitative estimate of drug-likeness (QED) is 0.367. The molecular formula is C35H40N4O5. The van der Waals surface area contributed by atoms with Gasteiger partial charge in [0.05, 0.1) is 37.6 Å². The molecule has 3 amide bonds. The van der Waals surface area contributed by atoms with Crippen molar-refractivity contribution in [2.45, 2.75) is 33.2 Å². The number of piperazine rings is 1. The van der Waals surface area contributed by atoms with Crippen molar-refractivity contribution in [1.29, 1.82) is 0 Å². The van der Waals surface area contributed by atoms with Gasteiger partial charge in [-0.2, -0.15) is 0 Å². The zero-order valence-corrected chi connectivity index (χ0v) is 26.0.